The summed E-state index contributed by atoms with van der Waals surface area (Å²) >= 11 is 0. The minimum Gasteiger partial charge on any atom is -0.324 e. The summed E-state index contributed by atoms with van der Waals surface area (Å²) in [7, 11) is 0. The average molecular weight is 247 g/mol. The van der Waals surface area contributed by atoms with E-state index in [1.54, 1.807) is 12.2 Å². The number of rotatable bonds is 1. The fraction of sp³-hybridized carbons (Fsp3) is 0.125. The van der Waals surface area contributed by atoms with Crippen molar-refractivity contribution in [3.8, 4) is 12.1 Å². The normalized spacial score (nSPS) is 13.1. The minimum atomic E-state index is 0.133. The van der Waals surface area contributed by atoms with Crippen LogP contribution >= 0.6 is 0 Å². The molecule has 0 fully saturated rings. The number of benzene rings is 1. The van der Waals surface area contributed by atoms with Gasteiger partial charge in [0, 0.05) is 23.7 Å². The van der Waals surface area contributed by atoms with E-state index in [9.17, 15) is 0 Å². The molecule has 0 aromatic heterocycles. The van der Waals surface area contributed by atoms with Gasteiger partial charge < -0.3 is 4.90 Å². The average Bonchev–Trinajstić information content (AvgIpc) is 2.44. The number of hydrogen-bond acceptors (Lipinski definition) is 3. The Hall–Kier alpha value is -2.78. The van der Waals surface area contributed by atoms with E-state index >= 15 is 0 Å². The van der Waals surface area contributed by atoms with Crippen LogP contribution in [0.1, 0.15) is 11.1 Å². The molecule has 0 aliphatic carbocycles. The molecule has 92 valence electrons. The van der Waals surface area contributed by atoms with Gasteiger partial charge in [-0.1, -0.05) is 12.1 Å². The van der Waals surface area contributed by atoms with E-state index in [1.807, 2.05) is 41.6 Å². The molecule has 0 unspecified atom stereocenters. The molecule has 1 heterocycles. The highest BCUT2D eigenvalue weighted by molar-refractivity contribution is 5.63. The monoisotopic (exact) mass is 247 g/mol. The van der Waals surface area contributed by atoms with E-state index in [0.717, 1.165) is 5.69 Å². The van der Waals surface area contributed by atoms with Crippen LogP contribution < -0.4 is 4.90 Å². The van der Waals surface area contributed by atoms with Crippen LogP contribution in [0, 0.1) is 36.5 Å². The van der Waals surface area contributed by atoms with E-state index in [2.05, 4.69) is 19.9 Å². The highest BCUT2D eigenvalue weighted by Gasteiger charge is 2.09. The van der Waals surface area contributed by atoms with Crippen LogP contribution in [-0.2, 0) is 0 Å². The van der Waals surface area contributed by atoms with Gasteiger partial charge in [0.25, 0.3) is 0 Å². The molecule has 3 nitrogen and oxygen atoms in total. The van der Waals surface area contributed by atoms with Crippen LogP contribution in [0.3, 0.4) is 0 Å². The molecule has 0 atom stereocenters. The maximum Gasteiger partial charge on any atom is 0.136 e. The van der Waals surface area contributed by atoms with Gasteiger partial charge >= 0.3 is 0 Å². The predicted molar refractivity (Wildman–Crippen MR) is 74.9 cm³/mol. The second-order valence-electron chi connectivity index (χ2n) is 4.31. The van der Waals surface area contributed by atoms with Gasteiger partial charge in [-0.05, 0) is 43.2 Å². The van der Waals surface area contributed by atoms with Crippen molar-refractivity contribution in [2.45, 2.75) is 13.8 Å². The van der Waals surface area contributed by atoms with Gasteiger partial charge in [0.1, 0.15) is 17.7 Å². The Labute approximate surface area is 113 Å². The zero-order valence-corrected chi connectivity index (χ0v) is 10.9. The first-order valence-electron chi connectivity index (χ1n) is 5.93. The number of aryl methyl sites for hydroxylation is 1. The molecule has 1 aliphatic rings. The summed E-state index contributed by atoms with van der Waals surface area (Å²) in [6.45, 7) is 4.15. The van der Waals surface area contributed by atoms with Crippen molar-refractivity contribution in [3.05, 3.63) is 65.0 Å². The first-order chi connectivity index (χ1) is 9.17. The van der Waals surface area contributed by atoms with E-state index in [-0.39, 0.29) is 5.57 Å². The number of allylic oxidation sites excluding steroid dienone is 4. The zero-order valence-electron chi connectivity index (χ0n) is 10.9. The summed E-state index contributed by atoms with van der Waals surface area (Å²) in [6, 6.07) is 9.92. The molecule has 1 aromatic rings. The molecule has 0 N–H and O–H groups in total. The lowest BCUT2D eigenvalue weighted by atomic mass is 10.1. The smallest absolute Gasteiger partial charge is 0.136 e. The summed E-state index contributed by atoms with van der Waals surface area (Å²) in [5.74, 6) is 0. The van der Waals surface area contributed by atoms with E-state index in [4.69, 9.17) is 10.5 Å². The van der Waals surface area contributed by atoms with Gasteiger partial charge in [-0.3, -0.25) is 0 Å². The van der Waals surface area contributed by atoms with Crippen molar-refractivity contribution in [2.75, 3.05) is 4.90 Å². The molecule has 19 heavy (non-hydrogen) atoms. The third kappa shape index (κ3) is 2.41. The lowest BCUT2D eigenvalue weighted by Crippen LogP contribution is -2.11. The van der Waals surface area contributed by atoms with Crippen LogP contribution in [0.4, 0.5) is 5.69 Å². The molecule has 0 saturated carbocycles. The molecule has 3 heteroatoms. The standard InChI is InChI=1S/C16H13N3/c1-12-4-3-5-16(13(12)2)19-8-6-14(7-9-19)15(10-17)11-18/h3-9H,1-2H3. The van der Waals surface area contributed by atoms with Crippen LogP contribution in [-0.4, -0.2) is 0 Å². The summed E-state index contributed by atoms with van der Waals surface area (Å²) in [6.07, 6.45) is 7.30. The molecular weight excluding hydrogens is 234 g/mol. The Bertz CT molecular complexity index is 647. The summed E-state index contributed by atoms with van der Waals surface area (Å²) in [5, 5.41) is 17.7. The van der Waals surface area contributed by atoms with Crippen molar-refractivity contribution in [1.29, 1.82) is 10.5 Å². The lowest BCUT2D eigenvalue weighted by Gasteiger charge is -2.21. The van der Waals surface area contributed by atoms with Gasteiger partial charge in [-0.25, -0.2) is 0 Å². The number of anilines is 1. The third-order valence-electron chi connectivity index (χ3n) is 3.20. The topological polar surface area (TPSA) is 50.8 Å². The molecule has 0 spiro atoms. The fourth-order valence-electron chi connectivity index (χ4n) is 1.92. The second-order valence-corrected chi connectivity index (χ2v) is 4.31. The van der Waals surface area contributed by atoms with Crippen LogP contribution in [0.15, 0.2) is 53.9 Å². The Morgan fingerprint density at radius 2 is 1.68 bits per heavy atom. The van der Waals surface area contributed by atoms with Gasteiger partial charge in [0.15, 0.2) is 0 Å². The van der Waals surface area contributed by atoms with Crippen LogP contribution in [0.5, 0.6) is 0 Å². The Morgan fingerprint density at radius 1 is 1.05 bits per heavy atom. The lowest BCUT2D eigenvalue weighted by molar-refractivity contribution is 1.20. The Kier molecular flexibility index (Phi) is 3.50. The van der Waals surface area contributed by atoms with E-state index in [1.165, 1.54) is 11.1 Å². The van der Waals surface area contributed by atoms with Gasteiger partial charge in [0.05, 0.1) is 0 Å². The van der Waals surface area contributed by atoms with E-state index < -0.39 is 0 Å². The quantitative estimate of drug-likeness (QED) is 0.714. The van der Waals surface area contributed by atoms with Gasteiger partial charge in [-0.15, -0.1) is 0 Å². The van der Waals surface area contributed by atoms with Crippen molar-refractivity contribution in [3.63, 3.8) is 0 Å². The largest absolute Gasteiger partial charge is 0.324 e. The number of nitrogens with zero attached hydrogens (tertiary/aromatic N) is 3. The number of hydrogen-bond donors (Lipinski definition) is 0. The summed E-state index contributed by atoms with van der Waals surface area (Å²) in [5.41, 5.74) is 4.32. The fourth-order valence-corrected chi connectivity index (χ4v) is 1.92. The zero-order chi connectivity index (χ0) is 13.8. The van der Waals surface area contributed by atoms with Crippen LogP contribution in [0.25, 0.3) is 0 Å². The van der Waals surface area contributed by atoms with Crippen LogP contribution in [0.2, 0.25) is 0 Å². The maximum atomic E-state index is 8.83. The molecule has 0 radical (unpaired) electrons. The highest BCUT2D eigenvalue weighted by atomic mass is 15.1. The van der Waals surface area contributed by atoms with Gasteiger partial charge in [-0.2, -0.15) is 10.5 Å². The van der Waals surface area contributed by atoms with Crippen molar-refractivity contribution in [2.24, 2.45) is 0 Å². The number of nitriles is 2. The first-order valence-corrected chi connectivity index (χ1v) is 5.93. The Balaban J connectivity index is 2.36. The molecule has 1 aliphatic heterocycles. The minimum absolute atomic E-state index is 0.133. The van der Waals surface area contributed by atoms with Crippen molar-refractivity contribution >= 4 is 5.69 Å². The predicted octanol–water partition coefficient (Wildman–Crippen LogP) is 3.49. The Morgan fingerprint density at radius 3 is 2.26 bits per heavy atom. The molecule has 2 rings (SSSR count). The first kappa shape index (κ1) is 12.7. The van der Waals surface area contributed by atoms with Crippen molar-refractivity contribution < 1.29 is 0 Å². The molecule has 1 aromatic carbocycles. The summed E-state index contributed by atoms with van der Waals surface area (Å²) < 4.78 is 0. The van der Waals surface area contributed by atoms with Gasteiger partial charge in [0.2, 0.25) is 0 Å². The maximum absolute atomic E-state index is 8.83. The molecular formula is C16H13N3. The summed E-state index contributed by atoms with van der Waals surface area (Å²) in [4.78, 5) is 1.98. The van der Waals surface area contributed by atoms with E-state index in [0.29, 0.717) is 5.57 Å². The SMILES string of the molecule is Cc1cccc(N2C=CC(=C(C#N)C#N)C=C2)c1C. The molecule has 0 saturated heterocycles. The molecule has 0 bridgehead atoms. The highest BCUT2D eigenvalue weighted by Crippen LogP contribution is 2.26. The third-order valence-corrected chi connectivity index (χ3v) is 3.20. The second kappa shape index (κ2) is 5.25. The van der Waals surface area contributed by atoms with Crippen molar-refractivity contribution in [1.82, 2.24) is 0 Å². The molecule has 0 amide bonds.